The molecule has 0 radical (unpaired) electrons. The summed E-state index contributed by atoms with van der Waals surface area (Å²) < 4.78 is 11.5. The van der Waals surface area contributed by atoms with E-state index < -0.39 is 0 Å². The van der Waals surface area contributed by atoms with E-state index in [1.807, 2.05) is 6.07 Å². The molecule has 0 bridgehead atoms. The quantitative estimate of drug-likeness (QED) is 0.906. The first-order chi connectivity index (χ1) is 10.2. The molecule has 0 heterocycles. The topological polar surface area (TPSA) is 47.6 Å². The molecule has 2 aliphatic carbocycles. The van der Waals surface area contributed by atoms with Gasteiger partial charge in [-0.05, 0) is 49.8 Å². The molecule has 2 fully saturated rings. The highest BCUT2D eigenvalue weighted by atomic mass is 16.5. The second kappa shape index (κ2) is 5.96. The number of amides is 1. The lowest BCUT2D eigenvalue weighted by atomic mass is 10.1. The van der Waals surface area contributed by atoms with Crippen molar-refractivity contribution in [3.8, 4) is 11.5 Å². The first-order valence-electron chi connectivity index (χ1n) is 7.79. The van der Waals surface area contributed by atoms with Crippen molar-refractivity contribution in [1.82, 2.24) is 5.32 Å². The Bertz CT molecular complexity index is 523. The van der Waals surface area contributed by atoms with Crippen LogP contribution in [0.25, 0.3) is 0 Å². The van der Waals surface area contributed by atoms with Gasteiger partial charge in [0.05, 0.1) is 13.2 Å². The van der Waals surface area contributed by atoms with E-state index in [9.17, 15) is 4.79 Å². The molecule has 4 nitrogen and oxygen atoms in total. The third kappa shape index (κ3) is 3.31. The molecule has 0 saturated heterocycles. The number of benzene rings is 1. The summed E-state index contributed by atoms with van der Waals surface area (Å²) >= 11 is 0. The Balaban J connectivity index is 1.72. The van der Waals surface area contributed by atoms with E-state index in [0.29, 0.717) is 12.0 Å². The number of nitrogens with one attached hydrogen (secondary N) is 1. The number of ether oxygens (including phenoxy) is 2. The van der Waals surface area contributed by atoms with Gasteiger partial charge in [0.2, 0.25) is 5.91 Å². The molecule has 0 aliphatic heterocycles. The molecule has 1 N–H and O–H groups in total. The predicted molar refractivity (Wildman–Crippen MR) is 80.8 cm³/mol. The Hall–Kier alpha value is -1.71. The summed E-state index contributed by atoms with van der Waals surface area (Å²) in [5.41, 5.74) is 1.22. The molecule has 0 aromatic heterocycles. The summed E-state index contributed by atoms with van der Waals surface area (Å²) in [7, 11) is 1.67. The predicted octanol–water partition coefficient (Wildman–Crippen LogP) is 3.01. The maximum absolute atomic E-state index is 11.1. The molecule has 2 atom stereocenters. The molecule has 3 rings (SSSR count). The van der Waals surface area contributed by atoms with Gasteiger partial charge in [0, 0.05) is 18.9 Å². The van der Waals surface area contributed by atoms with Gasteiger partial charge in [-0.3, -0.25) is 4.79 Å². The smallest absolute Gasteiger partial charge is 0.217 e. The summed E-state index contributed by atoms with van der Waals surface area (Å²) in [6.07, 6.45) is 6.09. The highest BCUT2D eigenvalue weighted by Crippen LogP contribution is 2.44. The Morgan fingerprint density at radius 2 is 2.00 bits per heavy atom. The maximum atomic E-state index is 11.1. The van der Waals surface area contributed by atoms with Crippen LogP contribution in [-0.4, -0.2) is 25.2 Å². The monoisotopic (exact) mass is 289 g/mol. The molecule has 0 spiro atoms. The number of carbonyl (C=O) groups excluding carboxylic acids is 1. The zero-order valence-corrected chi connectivity index (χ0v) is 12.7. The molecular weight excluding hydrogens is 266 g/mol. The molecule has 114 valence electrons. The van der Waals surface area contributed by atoms with Crippen molar-refractivity contribution >= 4 is 5.91 Å². The van der Waals surface area contributed by atoms with E-state index in [4.69, 9.17) is 9.47 Å². The van der Waals surface area contributed by atoms with Crippen LogP contribution in [0.1, 0.15) is 50.5 Å². The largest absolute Gasteiger partial charge is 0.493 e. The molecule has 1 aromatic carbocycles. The van der Waals surface area contributed by atoms with Crippen LogP contribution in [0.3, 0.4) is 0 Å². The van der Waals surface area contributed by atoms with Gasteiger partial charge in [-0.1, -0.05) is 6.07 Å². The van der Waals surface area contributed by atoms with Crippen molar-refractivity contribution in [2.75, 3.05) is 7.11 Å². The first kappa shape index (κ1) is 14.2. The van der Waals surface area contributed by atoms with Crippen LogP contribution in [0.5, 0.6) is 11.5 Å². The second-order valence-corrected chi connectivity index (χ2v) is 6.08. The van der Waals surface area contributed by atoms with Gasteiger partial charge < -0.3 is 14.8 Å². The minimum absolute atomic E-state index is 0.0402. The molecule has 1 aromatic rings. The Morgan fingerprint density at radius 3 is 2.67 bits per heavy atom. The van der Waals surface area contributed by atoms with E-state index in [1.165, 1.54) is 18.4 Å². The van der Waals surface area contributed by atoms with E-state index in [0.717, 1.165) is 30.8 Å². The Labute approximate surface area is 125 Å². The zero-order chi connectivity index (χ0) is 14.8. The van der Waals surface area contributed by atoms with Crippen LogP contribution in [-0.2, 0) is 4.79 Å². The van der Waals surface area contributed by atoms with Crippen LogP contribution in [0.2, 0.25) is 0 Å². The first-order valence-corrected chi connectivity index (χ1v) is 7.79. The van der Waals surface area contributed by atoms with Crippen molar-refractivity contribution in [3.05, 3.63) is 23.8 Å². The number of carbonyl (C=O) groups is 1. The summed E-state index contributed by atoms with van der Waals surface area (Å²) in [6, 6.07) is 6.41. The highest BCUT2D eigenvalue weighted by molar-refractivity contribution is 5.74. The fraction of sp³-hybridized carbons (Fsp3) is 0.588. The van der Waals surface area contributed by atoms with Crippen LogP contribution < -0.4 is 14.8 Å². The van der Waals surface area contributed by atoms with Gasteiger partial charge in [0.15, 0.2) is 11.5 Å². The van der Waals surface area contributed by atoms with Gasteiger partial charge in [0.1, 0.15) is 0 Å². The third-order valence-corrected chi connectivity index (χ3v) is 4.39. The van der Waals surface area contributed by atoms with Gasteiger partial charge in [-0.25, -0.2) is 0 Å². The number of hydrogen-bond donors (Lipinski definition) is 1. The van der Waals surface area contributed by atoms with Gasteiger partial charge in [0.25, 0.3) is 0 Å². The molecule has 2 unspecified atom stereocenters. The fourth-order valence-electron chi connectivity index (χ4n) is 3.19. The molecule has 2 saturated carbocycles. The van der Waals surface area contributed by atoms with E-state index >= 15 is 0 Å². The summed E-state index contributed by atoms with van der Waals surface area (Å²) in [6.45, 7) is 1.57. The van der Waals surface area contributed by atoms with Crippen molar-refractivity contribution in [2.24, 2.45) is 0 Å². The van der Waals surface area contributed by atoms with Gasteiger partial charge in [-0.15, -0.1) is 0 Å². The van der Waals surface area contributed by atoms with E-state index in [2.05, 4.69) is 17.4 Å². The average molecular weight is 289 g/mol. The Morgan fingerprint density at radius 1 is 1.24 bits per heavy atom. The Kier molecular flexibility index (Phi) is 4.04. The molecule has 2 aliphatic rings. The fourth-order valence-corrected chi connectivity index (χ4v) is 3.19. The van der Waals surface area contributed by atoms with Crippen LogP contribution in [0.4, 0.5) is 0 Å². The van der Waals surface area contributed by atoms with E-state index in [1.54, 1.807) is 14.0 Å². The summed E-state index contributed by atoms with van der Waals surface area (Å²) in [4.78, 5) is 11.1. The molecule has 21 heavy (non-hydrogen) atoms. The maximum Gasteiger partial charge on any atom is 0.217 e. The summed E-state index contributed by atoms with van der Waals surface area (Å²) in [5, 5.41) is 2.98. The van der Waals surface area contributed by atoms with Crippen LogP contribution >= 0.6 is 0 Å². The van der Waals surface area contributed by atoms with Crippen molar-refractivity contribution in [1.29, 1.82) is 0 Å². The van der Waals surface area contributed by atoms with E-state index in [-0.39, 0.29) is 11.9 Å². The molecule has 1 amide bonds. The molecule has 4 heteroatoms. The second-order valence-electron chi connectivity index (χ2n) is 6.08. The average Bonchev–Trinajstić information content (AvgIpc) is 3.01. The highest BCUT2D eigenvalue weighted by Gasteiger charge is 2.39. The lowest BCUT2D eigenvalue weighted by Crippen LogP contribution is -2.23. The lowest BCUT2D eigenvalue weighted by molar-refractivity contribution is -0.119. The van der Waals surface area contributed by atoms with Crippen LogP contribution in [0, 0.1) is 0 Å². The number of methoxy groups -OCH3 is 1. The van der Waals surface area contributed by atoms with Crippen LogP contribution in [0.15, 0.2) is 18.2 Å². The minimum atomic E-state index is 0.0402. The summed E-state index contributed by atoms with van der Waals surface area (Å²) in [5.74, 6) is 2.09. The molecular formula is C17H23NO3. The number of rotatable bonds is 5. The van der Waals surface area contributed by atoms with Crippen molar-refractivity contribution in [3.63, 3.8) is 0 Å². The lowest BCUT2D eigenvalue weighted by Gasteiger charge is -2.17. The third-order valence-electron chi connectivity index (χ3n) is 4.39. The van der Waals surface area contributed by atoms with Crippen molar-refractivity contribution in [2.45, 2.75) is 57.1 Å². The van der Waals surface area contributed by atoms with Crippen molar-refractivity contribution < 1.29 is 14.3 Å². The number of hydrogen-bond acceptors (Lipinski definition) is 3. The SMILES string of the molecule is COc1ccc(C2CC2NC(C)=O)cc1OC1CCCC1. The van der Waals surface area contributed by atoms with Gasteiger partial charge in [-0.2, -0.15) is 0 Å². The van der Waals surface area contributed by atoms with Gasteiger partial charge >= 0.3 is 0 Å². The minimum Gasteiger partial charge on any atom is -0.493 e. The zero-order valence-electron chi connectivity index (χ0n) is 12.7. The standard InChI is InChI=1S/C17H23NO3/c1-11(19)18-15-10-14(15)12-7-8-16(20-2)17(9-12)21-13-5-3-4-6-13/h7-9,13-15H,3-6,10H2,1-2H3,(H,18,19). The normalized spacial score (nSPS) is 24.7.